The van der Waals surface area contributed by atoms with Gasteiger partial charge in [0.05, 0.1) is 0 Å². The number of rotatable bonds is 4. The second kappa shape index (κ2) is 4.36. The molecule has 0 spiro atoms. The average molecular weight is 203 g/mol. The summed E-state index contributed by atoms with van der Waals surface area (Å²) in [4.78, 5) is 0. The molecule has 1 aromatic rings. The Morgan fingerprint density at radius 1 is 1.07 bits per heavy atom. The monoisotopic (exact) mass is 203 g/mol. The van der Waals surface area contributed by atoms with E-state index in [1.165, 1.54) is 41.6 Å². The lowest BCUT2D eigenvalue weighted by Crippen LogP contribution is -2.17. The fourth-order valence-corrected chi connectivity index (χ4v) is 1.94. The molecule has 1 aliphatic rings. The number of hydrogen-bond acceptors (Lipinski definition) is 1. The molecule has 1 fully saturated rings. The van der Waals surface area contributed by atoms with Crippen LogP contribution in [0.15, 0.2) is 12.1 Å². The van der Waals surface area contributed by atoms with Gasteiger partial charge in [-0.3, -0.25) is 0 Å². The van der Waals surface area contributed by atoms with Gasteiger partial charge in [-0.2, -0.15) is 0 Å². The zero-order chi connectivity index (χ0) is 10.8. The summed E-state index contributed by atoms with van der Waals surface area (Å²) in [6.45, 7) is 8.82. The molecular weight excluding hydrogens is 182 g/mol. The van der Waals surface area contributed by atoms with Gasteiger partial charge in [0.1, 0.15) is 0 Å². The molecule has 82 valence electrons. The van der Waals surface area contributed by atoms with Crippen LogP contribution in [-0.2, 0) is 6.54 Å². The molecule has 2 rings (SSSR count). The van der Waals surface area contributed by atoms with E-state index >= 15 is 0 Å². The Hall–Kier alpha value is -0.820. The van der Waals surface area contributed by atoms with E-state index in [-0.39, 0.29) is 0 Å². The first-order valence-electron chi connectivity index (χ1n) is 5.94. The minimum absolute atomic E-state index is 0.969. The highest BCUT2D eigenvalue weighted by atomic mass is 14.9. The van der Waals surface area contributed by atoms with E-state index in [1.54, 1.807) is 0 Å². The van der Waals surface area contributed by atoms with Crippen molar-refractivity contribution in [1.82, 2.24) is 5.32 Å². The normalized spacial score (nSPS) is 15.7. The maximum Gasteiger partial charge on any atom is 0.0208 e. The van der Waals surface area contributed by atoms with Crippen LogP contribution < -0.4 is 5.32 Å². The molecule has 1 heteroatoms. The summed E-state index contributed by atoms with van der Waals surface area (Å²) in [7, 11) is 0. The van der Waals surface area contributed by atoms with Crippen LogP contribution in [0, 0.1) is 26.7 Å². The molecule has 15 heavy (non-hydrogen) atoms. The zero-order valence-corrected chi connectivity index (χ0v) is 10.1. The van der Waals surface area contributed by atoms with Gasteiger partial charge in [-0.05, 0) is 68.3 Å². The third-order valence-corrected chi connectivity index (χ3v) is 3.40. The molecule has 0 amide bonds. The van der Waals surface area contributed by atoms with Crippen molar-refractivity contribution in [3.05, 3.63) is 34.4 Å². The molecule has 0 atom stereocenters. The fraction of sp³-hybridized carbons (Fsp3) is 0.571. The third-order valence-electron chi connectivity index (χ3n) is 3.40. The van der Waals surface area contributed by atoms with Crippen LogP contribution in [0.1, 0.15) is 35.1 Å². The number of aryl methyl sites for hydroxylation is 3. The number of nitrogens with one attached hydrogen (secondary N) is 1. The van der Waals surface area contributed by atoms with Crippen LogP contribution in [0.25, 0.3) is 0 Å². The van der Waals surface area contributed by atoms with E-state index in [4.69, 9.17) is 0 Å². The molecule has 1 N–H and O–H groups in total. The fourth-order valence-electron chi connectivity index (χ4n) is 1.94. The molecule has 1 nitrogen and oxygen atoms in total. The summed E-state index contributed by atoms with van der Waals surface area (Å²) < 4.78 is 0. The quantitative estimate of drug-likeness (QED) is 0.793. The SMILES string of the molecule is Cc1cc(C)c(CNCC2CC2)cc1C. The standard InChI is InChI=1S/C14H21N/c1-10-6-12(3)14(7-11(10)2)9-15-8-13-4-5-13/h6-7,13,15H,4-5,8-9H2,1-3H3. The van der Waals surface area contributed by atoms with E-state index in [9.17, 15) is 0 Å². The maximum absolute atomic E-state index is 3.55. The van der Waals surface area contributed by atoms with Crippen LogP contribution in [0.4, 0.5) is 0 Å². The van der Waals surface area contributed by atoms with Crippen LogP contribution >= 0.6 is 0 Å². The van der Waals surface area contributed by atoms with Crippen molar-refractivity contribution in [3.8, 4) is 0 Å². The third kappa shape index (κ3) is 2.82. The van der Waals surface area contributed by atoms with Gasteiger partial charge in [0.15, 0.2) is 0 Å². The Kier molecular flexibility index (Phi) is 3.11. The van der Waals surface area contributed by atoms with Crippen LogP contribution in [0.3, 0.4) is 0 Å². The van der Waals surface area contributed by atoms with Crippen LogP contribution in [-0.4, -0.2) is 6.54 Å². The van der Waals surface area contributed by atoms with Gasteiger partial charge in [0.2, 0.25) is 0 Å². The van der Waals surface area contributed by atoms with E-state index in [2.05, 4.69) is 38.2 Å². The molecule has 0 unspecified atom stereocenters. The molecular formula is C14H21N. The van der Waals surface area contributed by atoms with E-state index in [0.717, 1.165) is 12.5 Å². The summed E-state index contributed by atoms with van der Waals surface area (Å²) in [6.07, 6.45) is 2.86. The van der Waals surface area contributed by atoms with Gasteiger partial charge in [0, 0.05) is 6.54 Å². The smallest absolute Gasteiger partial charge is 0.0208 e. The van der Waals surface area contributed by atoms with Crippen LogP contribution in [0.2, 0.25) is 0 Å². The van der Waals surface area contributed by atoms with Crippen molar-refractivity contribution < 1.29 is 0 Å². The first-order valence-corrected chi connectivity index (χ1v) is 5.94. The summed E-state index contributed by atoms with van der Waals surface area (Å²) >= 11 is 0. The summed E-state index contributed by atoms with van der Waals surface area (Å²) in [5, 5.41) is 3.55. The van der Waals surface area contributed by atoms with Gasteiger partial charge in [0.25, 0.3) is 0 Å². The molecule has 1 saturated carbocycles. The van der Waals surface area contributed by atoms with Gasteiger partial charge < -0.3 is 5.32 Å². The summed E-state index contributed by atoms with van der Waals surface area (Å²) in [5.74, 6) is 0.969. The molecule has 0 aromatic heterocycles. The average Bonchev–Trinajstić information content (AvgIpc) is 2.97. The van der Waals surface area contributed by atoms with Crippen LogP contribution in [0.5, 0.6) is 0 Å². The zero-order valence-electron chi connectivity index (χ0n) is 10.1. The topological polar surface area (TPSA) is 12.0 Å². The highest BCUT2D eigenvalue weighted by Gasteiger charge is 2.20. The lowest BCUT2D eigenvalue weighted by Gasteiger charge is -2.10. The molecule has 0 bridgehead atoms. The van der Waals surface area contributed by atoms with Crippen molar-refractivity contribution >= 4 is 0 Å². The molecule has 1 aromatic carbocycles. The number of benzene rings is 1. The predicted octanol–water partition coefficient (Wildman–Crippen LogP) is 3.11. The Labute approximate surface area is 92.9 Å². The lowest BCUT2D eigenvalue weighted by molar-refractivity contribution is 0.637. The molecule has 0 heterocycles. The van der Waals surface area contributed by atoms with Crippen molar-refractivity contribution in [1.29, 1.82) is 0 Å². The largest absolute Gasteiger partial charge is 0.312 e. The van der Waals surface area contributed by atoms with Crippen molar-refractivity contribution in [3.63, 3.8) is 0 Å². The second-order valence-corrected chi connectivity index (χ2v) is 4.94. The lowest BCUT2D eigenvalue weighted by atomic mass is 10.0. The summed E-state index contributed by atoms with van der Waals surface area (Å²) in [6, 6.07) is 4.62. The van der Waals surface area contributed by atoms with E-state index in [0.29, 0.717) is 0 Å². The van der Waals surface area contributed by atoms with Crippen molar-refractivity contribution in [2.24, 2.45) is 5.92 Å². The van der Waals surface area contributed by atoms with E-state index < -0.39 is 0 Å². The van der Waals surface area contributed by atoms with Gasteiger partial charge in [-0.15, -0.1) is 0 Å². The highest BCUT2D eigenvalue weighted by molar-refractivity contribution is 5.36. The second-order valence-electron chi connectivity index (χ2n) is 4.94. The minimum Gasteiger partial charge on any atom is -0.312 e. The first kappa shape index (κ1) is 10.7. The minimum atomic E-state index is 0.969. The van der Waals surface area contributed by atoms with E-state index in [1.807, 2.05) is 0 Å². The maximum atomic E-state index is 3.55. The molecule has 1 aliphatic carbocycles. The molecule has 0 saturated heterocycles. The predicted molar refractivity (Wildman–Crippen MR) is 65.1 cm³/mol. The van der Waals surface area contributed by atoms with Crippen molar-refractivity contribution in [2.45, 2.75) is 40.2 Å². The summed E-state index contributed by atoms with van der Waals surface area (Å²) in [5.41, 5.74) is 5.68. The van der Waals surface area contributed by atoms with Gasteiger partial charge in [-0.25, -0.2) is 0 Å². The van der Waals surface area contributed by atoms with Gasteiger partial charge in [-0.1, -0.05) is 12.1 Å². The van der Waals surface area contributed by atoms with Crippen molar-refractivity contribution in [2.75, 3.05) is 6.54 Å². The Balaban J connectivity index is 1.96. The highest BCUT2D eigenvalue weighted by Crippen LogP contribution is 2.27. The Morgan fingerprint density at radius 2 is 1.73 bits per heavy atom. The Bertz CT molecular complexity index is 351. The first-order chi connectivity index (χ1) is 7.16. The number of hydrogen-bond donors (Lipinski definition) is 1. The van der Waals surface area contributed by atoms with Gasteiger partial charge >= 0.3 is 0 Å². The molecule has 0 aliphatic heterocycles. The molecule has 0 radical (unpaired) electrons. The Morgan fingerprint density at radius 3 is 2.40 bits per heavy atom.